The van der Waals surface area contributed by atoms with Gasteiger partial charge in [0.15, 0.2) is 0 Å². The van der Waals surface area contributed by atoms with Crippen molar-refractivity contribution < 1.29 is 0 Å². The Morgan fingerprint density at radius 3 is 2.27 bits per heavy atom. The first-order valence-electron chi connectivity index (χ1n) is 5.86. The number of hydrogen-bond acceptors (Lipinski definition) is 2. The van der Waals surface area contributed by atoms with Gasteiger partial charge in [-0.05, 0) is 19.4 Å². The lowest BCUT2D eigenvalue weighted by atomic mass is 10.2. The molecule has 1 fully saturated rings. The summed E-state index contributed by atoms with van der Waals surface area (Å²) in [6.45, 7) is 10.8. The molecule has 15 heavy (non-hydrogen) atoms. The highest BCUT2D eigenvalue weighted by molar-refractivity contribution is 4.85. The van der Waals surface area contributed by atoms with Gasteiger partial charge in [-0.2, -0.15) is 0 Å². The highest BCUT2D eigenvalue weighted by Gasteiger charge is 2.14. The molecule has 0 saturated carbocycles. The second-order valence-corrected chi connectivity index (χ2v) is 4.07. The van der Waals surface area contributed by atoms with E-state index in [1.165, 1.54) is 39.1 Å². The first-order chi connectivity index (χ1) is 7.36. The predicted molar refractivity (Wildman–Crippen MR) is 65.8 cm³/mol. The number of terminal acetylenes is 1. The zero-order valence-corrected chi connectivity index (χ0v) is 9.62. The molecule has 0 spiro atoms. The molecule has 0 unspecified atom stereocenters. The van der Waals surface area contributed by atoms with Crippen LogP contribution in [0.4, 0.5) is 0 Å². The zero-order chi connectivity index (χ0) is 10.9. The molecule has 0 N–H and O–H groups in total. The number of piperazine rings is 1. The third kappa shape index (κ3) is 5.01. The van der Waals surface area contributed by atoms with Gasteiger partial charge in [-0.1, -0.05) is 6.08 Å². The summed E-state index contributed by atoms with van der Waals surface area (Å²) in [6, 6.07) is 0. The van der Waals surface area contributed by atoms with E-state index in [-0.39, 0.29) is 0 Å². The maximum Gasteiger partial charge on any atom is 0.0214 e. The maximum atomic E-state index is 5.26. The van der Waals surface area contributed by atoms with Crippen LogP contribution in [0.15, 0.2) is 12.7 Å². The van der Waals surface area contributed by atoms with Crippen LogP contribution < -0.4 is 0 Å². The Labute approximate surface area is 93.9 Å². The lowest BCUT2D eigenvalue weighted by Gasteiger charge is -2.34. The molecule has 0 bridgehead atoms. The molecule has 1 aliphatic heterocycles. The van der Waals surface area contributed by atoms with Crippen LogP contribution in [0.5, 0.6) is 0 Å². The molecule has 1 saturated heterocycles. The molecule has 0 atom stereocenters. The normalized spacial score (nSPS) is 18.6. The minimum atomic E-state index is 0.885. The van der Waals surface area contributed by atoms with E-state index < -0.39 is 0 Å². The zero-order valence-electron chi connectivity index (χ0n) is 9.62. The average molecular weight is 206 g/mol. The number of allylic oxidation sites excluding steroid dienone is 1. The van der Waals surface area contributed by atoms with Crippen molar-refractivity contribution in [1.29, 1.82) is 0 Å². The monoisotopic (exact) mass is 206 g/mol. The molecule has 2 nitrogen and oxygen atoms in total. The van der Waals surface area contributed by atoms with Gasteiger partial charge in [-0.15, -0.1) is 18.9 Å². The molecular weight excluding hydrogens is 184 g/mol. The van der Waals surface area contributed by atoms with Crippen LogP contribution in [0.1, 0.15) is 19.3 Å². The van der Waals surface area contributed by atoms with Crippen LogP contribution in [0.25, 0.3) is 0 Å². The molecule has 0 aromatic heterocycles. The fourth-order valence-corrected chi connectivity index (χ4v) is 1.92. The molecule has 0 aromatic rings. The Hall–Kier alpha value is -0.780. The number of unbranched alkanes of at least 4 members (excludes halogenated alkanes) is 1. The second-order valence-electron chi connectivity index (χ2n) is 4.07. The number of hydrogen-bond donors (Lipinski definition) is 0. The van der Waals surface area contributed by atoms with Crippen molar-refractivity contribution in [2.24, 2.45) is 0 Å². The van der Waals surface area contributed by atoms with E-state index in [0.29, 0.717) is 0 Å². The Morgan fingerprint density at radius 2 is 1.73 bits per heavy atom. The molecule has 0 amide bonds. The van der Waals surface area contributed by atoms with Gasteiger partial charge in [-0.3, -0.25) is 4.90 Å². The van der Waals surface area contributed by atoms with Gasteiger partial charge in [-0.25, -0.2) is 0 Å². The van der Waals surface area contributed by atoms with Crippen LogP contribution in [-0.4, -0.2) is 49.1 Å². The van der Waals surface area contributed by atoms with Crippen LogP contribution in [0.2, 0.25) is 0 Å². The first kappa shape index (κ1) is 12.3. The smallest absolute Gasteiger partial charge is 0.0214 e. The van der Waals surface area contributed by atoms with E-state index in [1.807, 2.05) is 6.08 Å². The average Bonchev–Trinajstić information content (AvgIpc) is 2.28. The van der Waals surface area contributed by atoms with Crippen LogP contribution in [0.3, 0.4) is 0 Å². The molecule has 1 aliphatic rings. The van der Waals surface area contributed by atoms with Crippen LogP contribution >= 0.6 is 0 Å². The summed E-state index contributed by atoms with van der Waals surface area (Å²) in [7, 11) is 0. The van der Waals surface area contributed by atoms with Crippen molar-refractivity contribution in [3.63, 3.8) is 0 Å². The summed E-state index contributed by atoms with van der Waals surface area (Å²) in [5.74, 6) is 2.70. The van der Waals surface area contributed by atoms with Gasteiger partial charge < -0.3 is 4.90 Å². The minimum absolute atomic E-state index is 0.885. The highest BCUT2D eigenvalue weighted by Crippen LogP contribution is 2.04. The van der Waals surface area contributed by atoms with Gasteiger partial charge >= 0.3 is 0 Å². The molecule has 0 radical (unpaired) electrons. The van der Waals surface area contributed by atoms with Crippen molar-refractivity contribution in [3.8, 4) is 12.3 Å². The van der Waals surface area contributed by atoms with Crippen LogP contribution in [-0.2, 0) is 0 Å². The SMILES string of the molecule is C#CCCN1CCN(CCCC=C)CC1. The topological polar surface area (TPSA) is 6.48 Å². The summed E-state index contributed by atoms with van der Waals surface area (Å²) >= 11 is 0. The molecular formula is C13H22N2. The summed E-state index contributed by atoms with van der Waals surface area (Å²) in [4.78, 5) is 5.00. The quantitative estimate of drug-likeness (QED) is 0.370. The van der Waals surface area contributed by atoms with E-state index in [9.17, 15) is 0 Å². The van der Waals surface area contributed by atoms with E-state index in [1.54, 1.807) is 0 Å². The van der Waals surface area contributed by atoms with Gasteiger partial charge in [0.2, 0.25) is 0 Å². The van der Waals surface area contributed by atoms with Crippen molar-refractivity contribution in [3.05, 3.63) is 12.7 Å². The van der Waals surface area contributed by atoms with E-state index in [4.69, 9.17) is 6.42 Å². The lowest BCUT2D eigenvalue weighted by Crippen LogP contribution is -2.46. The first-order valence-corrected chi connectivity index (χ1v) is 5.86. The summed E-state index contributed by atoms with van der Waals surface area (Å²) < 4.78 is 0. The van der Waals surface area contributed by atoms with E-state index in [0.717, 1.165) is 19.4 Å². The number of nitrogens with zero attached hydrogens (tertiary/aromatic N) is 2. The molecule has 2 heteroatoms. The minimum Gasteiger partial charge on any atom is -0.301 e. The van der Waals surface area contributed by atoms with Gasteiger partial charge in [0.05, 0.1) is 0 Å². The Bertz CT molecular complexity index is 209. The Morgan fingerprint density at radius 1 is 1.13 bits per heavy atom. The van der Waals surface area contributed by atoms with Crippen molar-refractivity contribution in [2.45, 2.75) is 19.3 Å². The lowest BCUT2D eigenvalue weighted by molar-refractivity contribution is 0.134. The Kier molecular flexibility index (Phi) is 6.15. The standard InChI is InChI=1S/C13H22N2/c1-3-5-7-9-15-12-10-14(11-13-15)8-6-4-2/h2-3H,1,5-13H2. The second kappa shape index (κ2) is 7.50. The summed E-state index contributed by atoms with van der Waals surface area (Å²) in [5.41, 5.74) is 0. The summed E-state index contributed by atoms with van der Waals surface area (Å²) in [5, 5.41) is 0. The third-order valence-electron chi connectivity index (χ3n) is 2.92. The highest BCUT2D eigenvalue weighted by atomic mass is 15.3. The van der Waals surface area contributed by atoms with Gasteiger partial charge in [0.25, 0.3) is 0 Å². The fraction of sp³-hybridized carbons (Fsp3) is 0.692. The summed E-state index contributed by atoms with van der Waals surface area (Å²) in [6.07, 6.45) is 10.5. The molecule has 1 heterocycles. The van der Waals surface area contributed by atoms with Gasteiger partial charge in [0.1, 0.15) is 0 Å². The van der Waals surface area contributed by atoms with Crippen LogP contribution in [0, 0.1) is 12.3 Å². The van der Waals surface area contributed by atoms with E-state index >= 15 is 0 Å². The van der Waals surface area contributed by atoms with Crippen molar-refractivity contribution in [2.75, 3.05) is 39.3 Å². The molecule has 0 aromatic carbocycles. The predicted octanol–water partition coefficient (Wildman–Crippen LogP) is 1.59. The maximum absolute atomic E-state index is 5.26. The Balaban J connectivity index is 2.07. The fourth-order valence-electron chi connectivity index (χ4n) is 1.92. The molecule has 84 valence electrons. The third-order valence-corrected chi connectivity index (χ3v) is 2.92. The largest absolute Gasteiger partial charge is 0.301 e. The molecule has 1 rings (SSSR count). The number of rotatable bonds is 6. The van der Waals surface area contributed by atoms with E-state index in [2.05, 4.69) is 22.3 Å². The molecule has 0 aliphatic carbocycles. The van der Waals surface area contributed by atoms with Crippen molar-refractivity contribution in [1.82, 2.24) is 9.80 Å². The van der Waals surface area contributed by atoms with Gasteiger partial charge in [0, 0.05) is 39.1 Å². The van der Waals surface area contributed by atoms with Crippen molar-refractivity contribution >= 4 is 0 Å².